The van der Waals surface area contributed by atoms with E-state index in [1.807, 2.05) is 13.8 Å². The van der Waals surface area contributed by atoms with Gasteiger partial charge in [0.2, 0.25) is 10.0 Å². The van der Waals surface area contributed by atoms with Gasteiger partial charge in [0, 0.05) is 55.8 Å². The molecule has 2 aliphatic rings. The standard InChI is InChI=1S/C26H36N4O4S2/c1-5-28(6-2)26(32)23-21-13-16-29(18(3)4)17-22(21)35-25(23)27-24(31)19-9-11-20(12-10-19)36(33,34)30-14-7-8-15-30/h9-12,18H,5-8,13-17H2,1-4H3,(H,27,31). The number of fused-ring (bicyclic) bond motifs is 1. The Bertz CT molecular complexity index is 1210. The van der Waals surface area contributed by atoms with Gasteiger partial charge in [-0.25, -0.2) is 8.42 Å². The van der Waals surface area contributed by atoms with Gasteiger partial charge in [0.1, 0.15) is 5.00 Å². The molecule has 1 saturated heterocycles. The highest BCUT2D eigenvalue weighted by molar-refractivity contribution is 7.89. The summed E-state index contributed by atoms with van der Waals surface area (Å²) in [5.41, 5.74) is 1.99. The average molecular weight is 533 g/mol. The molecule has 36 heavy (non-hydrogen) atoms. The number of nitrogens with zero attached hydrogens (tertiary/aromatic N) is 3. The van der Waals surface area contributed by atoms with Crippen LogP contribution in [0.1, 0.15) is 71.7 Å². The normalized spacial score (nSPS) is 16.8. The highest BCUT2D eigenvalue weighted by Crippen LogP contribution is 2.38. The number of amides is 2. The van der Waals surface area contributed by atoms with E-state index in [-0.39, 0.29) is 16.7 Å². The largest absolute Gasteiger partial charge is 0.339 e. The van der Waals surface area contributed by atoms with E-state index in [4.69, 9.17) is 0 Å². The van der Waals surface area contributed by atoms with Crippen LogP contribution in [-0.4, -0.2) is 73.1 Å². The molecule has 1 aromatic carbocycles. The molecule has 0 unspecified atom stereocenters. The molecule has 0 spiro atoms. The number of anilines is 1. The lowest BCUT2D eigenvalue weighted by atomic mass is 10.0. The quantitative estimate of drug-likeness (QED) is 0.554. The maximum absolute atomic E-state index is 13.5. The molecule has 2 amide bonds. The summed E-state index contributed by atoms with van der Waals surface area (Å²) in [5.74, 6) is -0.411. The Balaban J connectivity index is 1.61. The van der Waals surface area contributed by atoms with Crippen molar-refractivity contribution in [3.05, 3.63) is 45.8 Å². The van der Waals surface area contributed by atoms with Gasteiger partial charge in [-0.3, -0.25) is 14.5 Å². The van der Waals surface area contributed by atoms with Crippen molar-refractivity contribution in [2.24, 2.45) is 0 Å². The first-order valence-corrected chi connectivity index (χ1v) is 15.0. The molecule has 1 N–H and O–H groups in total. The molecule has 8 nitrogen and oxygen atoms in total. The molecule has 2 aromatic rings. The molecule has 196 valence electrons. The van der Waals surface area contributed by atoms with E-state index in [0.29, 0.717) is 48.3 Å². The van der Waals surface area contributed by atoms with Crippen molar-refractivity contribution in [1.29, 1.82) is 0 Å². The average Bonchev–Trinajstić information content (AvgIpc) is 3.53. The van der Waals surface area contributed by atoms with Gasteiger partial charge in [0.25, 0.3) is 11.8 Å². The second-order valence-electron chi connectivity index (χ2n) is 9.59. The van der Waals surface area contributed by atoms with Crippen molar-refractivity contribution in [2.45, 2.75) is 64.4 Å². The molecule has 1 fully saturated rings. The summed E-state index contributed by atoms with van der Waals surface area (Å²) in [6, 6.07) is 6.46. The zero-order chi connectivity index (χ0) is 26.0. The Morgan fingerprint density at radius 2 is 1.69 bits per heavy atom. The molecule has 2 aliphatic heterocycles. The number of carbonyl (C=O) groups excluding carboxylic acids is 2. The molecule has 0 saturated carbocycles. The van der Waals surface area contributed by atoms with Crippen molar-refractivity contribution in [2.75, 3.05) is 38.0 Å². The number of benzene rings is 1. The van der Waals surface area contributed by atoms with E-state index >= 15 is 0 Å². The Labute approximate surface area is 218 Å². The Morgan fingerprint density at radius 3 is 2.28 bits per heavy atom. The third-order valence-corrected chi connectivity index (χ3v) is 10.2. The van der Waals surface area contributed by atoms with Crippen LogP contribution in [0, 0.1) is 0 Å². The van der Waals surface area contributed by atoms with Gasteiger partial charge in [-0.1, -0.05) is 0 Å². The number of carbonyl (C=O) groups is 2. The lowest BCUT2D eigenvalue weighted by Crippen LogP contribution is -2.36. The highest BCUT2D eigenvalue weighted by Gasteiger charge is 2.31. The molecule has 0 atom stereocenters. The molecule has 1 aromatic heterocycles. The van der Waals surface area contributed by atoms with Crippen molar-refractivity contribution < 1.29 is 18.0 Å². The number of thiophene rings is 1. The minimum atomic E-state index is -3.54. The van der Waals surface area contributed by atoms with Crippen LogP contribution in [0.4, 0.5) is 5.00 Å². The van der Waals surface area contributed by atoms with E-state index in [1.165, 1.54) is 39.9 Å². The Kier molecular flexibility index (Phi) is 8.18. The second kappa shape index (κ2) is 11.0. The van der Waals surface area contributed by atoms with E-state index in [0.717, 1.165) is 42.8 Å². The third kappa shape index (κ3) is 5.22. The Morgan fingerprint density at radius 1 is 1.06 bits per heavy atom. The van der Waals surface area contributed by atoms with Gasteiger partial charge in [-0.15, -0.1) is 11.3 Å². The van der Waals surface area contributed by atoms with Crippen LogP contribution in [0.5, 0.6) is 0 Å². The number of hydrogen-bond donors (Lipinski definition) is 1. The third-order valence-electron chi connectivity index (χ3n) is 7.13. The molecular formula is C26H36N4O4S2. The predicted octanol–water partition coefficient (Wildman–Crippen LogP) is 4.03. The maximum atomic E-state index is 13.5. The topological polar surface area (TPSA) is 90.0 Å². The molecule has 3 heterocycles. The SMILES string of the molecule is CCN(CC)C(=O)c1c(NC(=O)c2ccc(S(=O)(=O)N3CCCC3)cc2)sc2c1CCN(C(C)C)C2. The molecule has 0 bridgehead atoms. The van der Waals surface area contributed by atoms with Crippen molar-refractivity contribution in [3.63, 3.8) is 0 Å². The van der Waals surface area contributed by atoms with Crippen LogP contribution in [0.25, 0.3) is 0 Å². The molecule has 0 aliphatic carbocycles. The molecular weight excluding hydrogens is 496 g/mol. The van der Waals surface area contributed by atoms with Crippen LogP contribution >= 0.6 is 11.3 Å². The number of nitrogens with one attached hydrogen (secondary N) is 1. The lowest BCUT2D eigenvalue weighted by Gasteiger charge is -2.30. The van der Waals surface area contributed by atoms with Gasteiger partial charge in [-0.05, 0) is 76.8 Å². The van der Waals surface area contributed by atoms with Crippen LogP contribution in [0.2, 0.25) is 0 Å². The number of rotatable bonds is 8. The summed E-state index contributed by atoms with van der Waals surface area (Å²) >= 11 is 1.47. The second-order valence-corrected chi connectivity index (χ2v) is 12.6. The number of sulfonamides is 1. The maximum Gasteiger partial charge on any atom is 0.257 e. The minimum Gasteiger partial charge on any atom is -0.339 e. The summed E-state index contributed by atoms with van der Waals surface area (Å²) in [7, 11) is -3.54. The van der Waals surface area contributed by atoms with Gasteiger partial charge in [0.15, 0.2) is 0 Å². The summed E-state index contributed by atoms with van der Waals surface area (Å²) in [6.07, 6.45) is 2.51. The van der Waals surface area contributed by atoms with E-state index in [2.05, 4.69) is 24.1 Å². The summed E-state index contributed by atoms with van der Waals surface area (Å²) in [4.78, 5) is 32.1. The van der Waals surface area contributed by atoms with Crippen molar-refractivity contribution >= 4 is 38.2 Å². The Hall–Kier alpha value is -2.27. The van der Waals surface area contributed by atoms with Crippen molar-refractivity contribution in [3.8, 4) is 0 Å². The fraction of sp³-hybridized carbons (Fsp3) is 0.538. The van der Waals surface area contributed by atoms with Gasteiger partial charge < -0.3 is 10.2 Å². The first-order chi connectivity index (χ1) is 17.2. The number of hydrogen-bond acceptors (Lipinski definition) is 6. The zero-order valence-corrected chi connectivity index (χ0v) is 23.2. The summed E-state index contributed by atoms with van der Waals surface area (Å²) < 4.78 is 27.1. The van der Waals surface area contributed by atoms with E-state index in [9.17, 15) is 18.0 Å². The fourth-order valence-corrected chi connectivity index (χ4v) is 7.66. The zero-order valence-electron chi connectivity index (χ0n) is 21.5. The summed E-state index contributed by atoms with van der Waals surface area (Å²) in [6.45, 7) is 12.1. The highest BCUT2D eigenvalue weighted by atomic mass is 32.2. The predicted molar refractivity (Wildman–Crippen MR) is 143 cm³/mol. The van der Waals surface area contributed by atoms with Crippen LogP contribution < -0.4 is 5.32 Å². The molecule has 10 heteroatoms. The summed E-state index contributed by atoms with van der Waals surface area (Å²) in [5, 5.41) is 3.55. The van der Waals surface area contributed by atoms with Gasteiger partial charge >= 0.3 is 0 Å². The van der Waals surface area contributed by atoms with Crippen LogP contribution in [-0.2, 0) is 23.0 Å². The monoisotopic (exact) mass is 532 g/mol. The minimum absolute atomic E-state index is 0.0575. The van der Waals surface area contributed by atoms with Crippen molar-refractivity contribution in [1.82, 2.24) is 14.1 Å². The first-order valence-electron chi connectivity index (χ1n) is 12.8. The van der Waals surface area contributed by atoms with E-state index in [1.54, 1.807) is 4.90 Å². The smallest absolute Gasteiger partial charge is 0.257 e. The fourth-order valence-electron chi connectivity index (χ4n) is 4.88. The molecule has 4 rings (SSSR count). The van der Waals surface area contributed by atoms with Gasteiger partial charge in [-0.2, -0.15) is 4.31 Å². The molecule has 0 radical (unpaired) electrons. The lowest BCUT2D eigenvalue weighted by molar-refractivity contribution is 0.0772. The van der Waals surface area contributed by atoms with Gasteiger partial charge in [0.05, 0.1) is 10.5 Å². The first kappa shape index (κ1) is 26.8. The van der Waals surface area contributed by atoms with Crippen LogP contribution in [0.3, 0.4) is 0 Å². The van der Waals surface area contributed by atoms with Crippen LogP contribution in [0.15, 0.2) is 29.2 Å². The van der Waals surface area contributed by atoms with E-state index < -0.39 is 10.0 Å².